The van der Waals surface area contributed by atoms with Crippen LogP contribution in [0.1, 0.15) is 17.1 Å². The molecule has 1 aliphatic heterocycles. The van der Waals surface area contributed by atoms with Gasteiger partial charge in [0.1, 0.15) is 5.82 Å². The summed E-state index contributed by atoms with van der Waals surface area (Å²) in [4.78, 5) is 7.90. The Hall–Kier alpha value is -2.01. The van der Waals surface area contributed by atoms with Crippen molar-refractivity contribution in [2.75, 3.05) is 13.3 Å². The van der Waals surface area contributed by atoms with Crippen molar-refractivity contribution in [1.29, 1.82) is 0 Å². The number of hydrogen-bond donors (Lipinski definition) is 2. The second-order valence-corrected chi connectivity index (χ2v) is 4.72. The third-order valence-electron chi connectivity index (χ3n) is 3.29. The number of imidazole rings is 1. The van der Waals surface area contributed by atoms with Gasteiger partial charge < -0.3 is 20.2 Å². The van der Waals surface area contributed by atoms with Crippen molar-refractivity contribution < 1.29 is 9.47 Å². The summed E-state index contributed by atoms with van der Waals surface area (Å²) in [6.07, 6.45) is 0.754. The average Bonchev–Trinajstić information content (AvgIpc) is 2.95. The molecule has 0 aliphatic carbocycles. The quantitative estimate of drug-likeness (QED) is 0.883. The SMILES string of the molecule is Cc1cc2c(cc1-c1nc(CCN)[nH]c1C)OCO2. The van der Waals surface area contributed by atoms with Gasteiger partial charge >= 0.3 is 0 Å². The minimum atomic E-state index is 0.288. The number of nitrogens with zero attached hydrogens (tertiary/aromatic N) is 1. The largest absolute Gasteiger partial charge is 0.454 e. The highest BCUT2D eigenvalue weighted by atomic mass is 16.7. The van der Waals surface area contributed by atoms with Gasteiger partial charge in [-0.25, -0.2) is 4.98 Å². The van der Waals surface area contributed by atoms with Crippen LogP contribution in [0.3, 0.4) is 0 Å². The third kappa shape index (κ3) is 2.06. The molecule has 0 radical (unpaired) electrons. The highest BCUT2D eigenvalue weighted by molar-refractivity contribution is 5.70. The first kappa shape index (κ1) is 12.0. The Morgan fingerprint density at radius 2 is 2.00 bits per heavy atom. The van der Waals surface area contributed by atoms with Crippen molar-refractivity contribution in [1.82, 2.24) is 9.97 Å². The van der Waals surface area contributed by atoms with E-state index >= 15 is 0 Å². The zero-order chi connectivity index (χ0) is 13.4. The second kappa shape index (κ2) is 4.59. The molecular formula is C14H17N3O2. The summed E-state index contributed by atoms with van der Waals surface area (Å²) in [7, 11) is 0. The van der Waals surface area contributed by atoms with Gasteiger partial charge in [0.25, 0.3) is 0 Å². The number of aromatic nitrogens is 2. The first-order valence-electron chi connectivity index (χ1n) is 6.35. The normalized spacial score (nSPS) is 13.0. The number of nitrogens with one attached hydrogen (secondary N) is 1. The van der Waals surface area contributed by atoms with Gasteiger partial charge in [0.05, 0.1) is 5.69 Å². The van der Waals surface area contributed by atoms with Crippen LogP contribution in [0.5, 0.6) is 11.5 Å². The molecule has 1 aromatic carbocycles. The van der Waals surface area contributed by atoms with Gasteiger partial charge in [-0.3, -0.25) is 0 Å². The minimum absolute atomic E-state index is 0.288. The van der Waals surface area contributed by atoms with Gasteiger partial charge in [0.15, 0.2) is 11.5 Å². The summed E-state index contributed by atoms with van der Waals surface area (Å²) >= 11 is 0. The highest BCUT2D eigenvalue weighted by Crippen LogP contribution is 2.38. The zero-order valence-corrected chi connectivity index (χ0v) is 11.1. The average molecular weight is 259 g/mol. The number of ether oxygens (including phenoxy) is 2. The van der Waals surface area contributed by atoms with E-state index in [1.807, 2.05) is 26.0 Å². The Labute approximate surface area is 111 Å². The van der Waals surface area contributed by atoms with Gasteiger partial charge in [-0.2, -0.15) is 0 Å². The fourth-order valence-electron chi connectivity index (χ4n) is 2.34. The fourth-order valence-corrected chi connectivity index (χ4v) is 2.34. The van der Waals surface area contributed by atoms with Crippen molar-refractivity contribution in [2.45, 2.75) is 20.3 Å². The Morgan fingerprint density at radius 3 is 2.74 bits per heavy atom. The van der Waals surface area contributed by atoms with Gasteiger partial charge in [0, 0.05) is 17.7 Å². The highest BCUT2D eigenvalue weighted by Gasteiger charge is 2.19. The van der Waals surface area contributed by atoms with Crippen molar-refractivity contribution in [3.8, 4) is 22.8 Å². The first-order valence-corrected chi connectivity index (χ1v) is 6.35. The Kier molecular flexibility index (Phi) is 2.91. The van der Waals surface area contributed by atoms with E-state index in [9.17, 15) is 0 Å². The van der Waals surface area contributed by atoms with E-state index in [2.05, 4.69) is 9.97 Å². The van der Waals surface area contributed by atoms with Crippen LogP contribution in [-0.4, -0.2) is 23.3 Å². The summed E-state index contributed by atoms with van der Waals surface area (Å²) in [5.41, 5.74) is 9.76. The predicted molar refractivity (Wildman–Crippen MR) is 72.4 cm³/mol. The maximum absolute atomic E-state index is 5.57. The van der Waals surface area contributed by atoms with Gasteiger partial charge in [0.2, 0.25) is 6.79 Å². The number of fused-ring (bicyclic) bond motifs is 1. The molecule has 1 aliphatic rings. The summed E-state index contributed by atoms with van der Waals surface area (Å²) in [5.74, 6) is 2.51. The van der Waals surface area contributed by atoms with E-state index in [1.165, 1.54) is 0 Å². The lowest BCUT2D eigenvalue weighted by atomic mass is 10.0. The number of H-pyrrole nitrogens is 1. The molecule has 0 bridgehead atoms. The number of rotatable bonds is 3. The number of aromatic amines is 1. The van der Waals surface area contributed by atoms with E-state index < -0.39 is 0 Å². The van der Waals surface area contributed by atoms with Crippen LogP contribution in [0.2, 0.25) is 0 Å². The van der Waals surface area contributed by atoms with E-state index in [1.54, 1.807) is 0 Å². The summed E-state index contributed by atoms with van der Waals surface area (Å²) in [6.45, 7) is 4.95. The molecule has 2 aromatic rings. The molecule has 5 nitrogen and oxygen atoms in total. The fraction of sp³-hybridized carbons (Fsp3) is 0.357. The molecular weight excluding hydrogens is 242 g/mol. The molecule has 0 amide bonds. The smallest absolute Gasteiger partial charge is 0.231 e. The maximum Gasteiger partial charge on any atom is 0.231 e. The number of aryl methyl sites for hydroxylation is 2. The summed E-state index contributed by atoms with van der Waals surface area (Å²) in [6, 6.07) is 3.99. The van der Waals surface area contributed by atoms with E-state index in [0.29, 0.717) is 6.54 Å². The molecule has 19 heavy (non-hydrogen) atoms. The number of benzene rings is 1. The molecule has 3 rings (SSSR count). The van der Waals surface area contributed by atoms with E-state index in [0.717, 1.165) is 46.3 Å². The van der Waals surface area contributed by atoms with Gasteiger partial charge in [-0.1, -0.05) is 0 Å². The summed E-state index contributed by atoms with van der Waals surface area (Å²) in [5, 5.41) is 0. The Morgan fingerprint density at radius 1 is 1.26 bits per heavy atom. The van der Waals surface area contributed by atoms with Crippen LogP contribution in [0, 0.1) is 13.8 Å². The first-order chi connectivity index (χ1) is 9.19. The monoisotopic (exact) mass is 259 g/mol. The predicted octanol–water partition coefficient (Wildman–Crippen LogP) is 1.92. The van der Waals surface area contributed by atoms with Crippen LogP contribution in [-0.2, 0) is 6.42 Å². The molecule has 3 N–H and O–H groups in total. The lowest BCUT2D eigenvalue weighted by Crippen LogP contribution is -2.03. The molecule has 0 fully saturated rings. The zero-order valence-electron chi connectivity index (χ0n) is 11.1. The van der Waals surface area contributed by atoms with Crippen molar-refractivity contribution >= 4 is 0 Å². The molecule has 0 unspecified atom stereocenters. The topological polar surface area (TPSA) is 73.2 Å². The van der Waals surface area contributed by atoms with Gasteiger partial charge in [-0.05, 0) is 38.1 Å². The van der Waals surface area contributed by atoms with Crippen molar-refractivity contribution in [2.24, 2.45) is 5.73 Å². The molecule has 0 spiro atoms. The Bertz CT molecular complexity index is 619. The number of nitrogens with two attached hydrogens (primary N) is 1. The van der Waals surface area contributed by atoms with E-state index in [-0.39, 0.29) is 6.79 Å². The third-order valence-corrected chi connectivity index (χ3v) is 3.29. The molecule has 0 saturated heterocycles. The maximum atomic E-state index is 5.57. The molecule has 2 heterocycles. The van der Waals surface area contributed by atoms with Crippen molar-refractivity contribution in [3.63, 3.8) is 0 Å². The van der Waals surface area contributed by atoms with Crippen LogP contribution in [0.25, 0.3) is 11.3 Å². The summed E-state index contributed by atoms with van der Waals surface area (Å²) < 4.78 is 10.8. The van der Waals surface area contributed by atoms with Crippen LogP contribution in [0.4, 0.5) is 0 Å². The van der Waals surface area contributed by atoms with Crippen molar-refractivity contribution in [3.05, 3.63) is 29.2 Å². The van der Waals surface area contributed by atoms with Crippen LogP contribution < -0.4 is 15.2 Å². The Balaban J connectivity index is 2.06. The lowest BCUT2D eigenvalue weighted by Gasteiger charge is -2.06. The van der Waals surface area contributed by atoms with Gasteiger partial charge in [-0.15, -0.1) is 0 Å². The molecule has 100 valence electrons. The van der Waals surface area contributed by atoms with E-state index in [4.69, 9.17) is 15.2 Å². The van der Waals surface area contributed by atoms with Crippen LogP contribution in [0.15, 0.2) is 12.1 Å². The van der Waals surface area contributed by atoms with Crippen LogP contribution >= 0.6 is 0 Å². The molecule has 5 heteroatoms. The minimum Gasteiger partial charge on any atom is -0.454 e. The molecule has 0 atom stereocenters. The lowest BCUT2D eigenvalue weighted by molar-refractivity contribution is 0.174. The second-order valence-electron chi connectivity index (χ2n) is 4.72. The number of hydrogen-bond acceptors (Lipinski definition) is 4. The molecule has 1 aromatic heterocycles. The standard InChI is InChI=1S/C14H17N3O2/c1-8-5-11-12(19-7-18-11)6-10(8)14-9(2)16-13(17-14)3-4-15/h5-6H,3-4,7,15H2,1-2H3,(H,16,17). The molecule has 0 saturated carbocycles.